The number of ether oxygens (including phenoxy) is 1. The number of anilines is 1. The van der Waals surface area contributed by atoms with Crippen molar-refractivity contribution in [1.82, 2.24) is 4.90 Å². The van der Waals surface area contributed by atoms with Crippen LogP contribution in [-0.4, -0.2) is 30.5 Å². The van der Waals surface area contributed by atoms with E-state index in [4.69, 9.17) is 10.5 Å². The number of carbonyl (C=O) groups is 1. The van der Waals surface area contributed by atoms with Crippen LogP contribution >= 0.6 is 15.9 Å². The van der Waals surface area contributed by atoms with Crippen molar-refractivity contribution in [3.63, 3.8) is 0 Å². The highest BCUT2D eigenvalue weighted by molar-refractivity contribution is 9.10. The zero-order valence-electron chi connectivity index (χ0n) is 9.49. The number of hydrogen-bond acceptors (Lipinski definition) is 3. The van der Waals surface area contributed by atoms with E-state index in [1.165, 1.54) is 0 Å². The number of nitrogen functional groups attached to an aromatic ring is 1. The van der Waals surface area contributed by atoms with Crippen LogP contribution in [0.3, 0.4) is 0 Å². The first-order chi connectivity index (χ1) is 8.16. The number of amides is 1. The Labute approximate surface area is 109 Å². The first-order valence-electron chi connectivity index (χ1n) is 5.62. The van der Waals surface area contributed by atoms with Gasteiger partial charge in [-0.05, 0) is 40.9 Å². The molecule has 1 aromatic rings. The lowest BCUT2D eigenvalue weighted by molar-refractivity contribution is -0.132. The second-order valence-corrected chi connectivity index (χ2v) is 4.92. The molecular formula is C12H15BrN2O2. The van der Waals surface area contributed by atoms with Crippen LogP contribution in [0.15, 0.2) is 22.7 Å². The van der Waals surface area contributed by atoms with Gasteiger partial charge in [-0.3, -0.25) is 4.79 Å². The summed E-state index contributed by atoms with van der Waals surface area (Å²) in [5.41, 5.74) is 6.28. The second kappa shape index (κ2) is 5.40. The fourth-order valence-electron chi connectivity index (χ4n) is 1.83. The van der Waals surface area contributed by atoms with Gasteiger partial charge < -0.3 is 15.4 Å². The van der Waals surface area contributed by atoms with Gasteiger partial charge in [0.1, 0.15) is 5.75 Å². The molecule has 1 aliphatic rings. The van der Waals surface area contributed by atoms with E-state index in [2.05, 4.69) is 15.9 Å². The van der Waals surface area contributed by atoms with Gasteiger partial charge in [0.2, 0.25) is 0 Å². The minimum Gasteiger partial charge on any atom is -0.483 e. The summed E-state index contributed by atoms with van der Waals surface area (Å²) in [6.07, 6.45) is 2.18. The van der Waals surface area contributed by atoms with Crippen molar-refractivity contribution in [3.8, 4) is 5.75 Å². The lowest BCUT2D eigenvalue weighted by Crippen LogP contribution is -2.32. The molecule has 1 fully saturated rings. The third-order valence-corrected chi connectivity index (χ3v) is 3.42. The summed E-state index contributed by atoms with van der Waals surface area (Å²) in [6.45, 7) is 1.77. The van der Waals surface area contributed by atoms with Gasteiger partial charge in [0.25, 0.3) is 5.91 Å². The predicted molar refractivity (Wildman–Crippen MR) is 69.9 cm³/mol. The average Bonchev–Trinajstić information content (AvgIpc) is 2.83. The molecule has 1 aromatic carbocycles. The zero-order valence-corrected chi connectivity index (χ0v) is 11.1. The highest BCUT2D eigenvalue weighted by Crippen LogP contribution is 2.27. The van der Waals surface area contributed by atoms with Gasteiger partial charge in [-0.25, -0.2) is 0 Å². The van der Waals surface area contributed by atoms with E-state index in [-0.39, 0.29) is 12.5 Å². The van der Waals surface area contributed by atoms with Crippen molar-refractivity contribution in [1.29, 1.82) is 0 Å². The third-order valence-electron chi connectivity index (χ3n) is 2.77. The van der Waals surface area contributed by atoms with Crippen molar-refractivity contribution < 1.29 is 9.53 Å². The summed E-state index contributed by atoms with van der Waals surface area (Å²) in [5.74, 6) is 0.648. The van der Waals surface area contributed by atoms with Gasteiger partial charge >= 0.3 is 0 Å². The van der Waals surface area contributed by atoms with Crippen molar-refractivity contribution >= 4 is 27.5 Å². The number of carbonyl (C=O) groups excluding carboxylic acids is 1. The van der Waals surface area contributed by atoms with Crippen molar-refractivity contribution in [2.45, 2.75) is 12.8 Å². The van der Waals surface area contributed by atoms with Crippen LogP contribution in [0.1, 0.15) is 12.8 Å². The monoisotopic (exact) mass is 298 g/mol. The maximum atomic E-state index is 11.8. The van der Waals surface area contributed by atoms with Crippen LogP contribution in [0.2, 0.25) is 0 Å². The van der Waals surface area contributed by atoms with E-state index >= 15 is 0 Å². The van der Waals surface area contributed by atoms with Gasteiger partial charge in [-0.2, -0.15) is 0 Å². The number of nitrogens with two attached hydrogens (primary N) is 1. The maximum Gasteiger partial charge on any atom is 0.260 e. The van der Waals surface area contributed by atoms with Crippen LogP contribution in [0.5, 0.6) is 5.75 Å². The summed E-state index contributed by atoms with van der Waals surface area (Å²) in [5, 5.41) is 0. The Morgan fingerprint density at radius 2 is 2.12 bits per heavy atom. The van der Waals surface area contributed by atoms with Gasteiger partial charge in [0.15, 0.2) is 6.61 Å². The molecule has 1 saturated heterocycles. The minimum atomic E-state index is 0.0387. The molecule has 0 atom stereocenters. The molecule has 0 aliphatic carbocycles. The van der Waals surface area contributed by atoms with Crippen LogP contribution < -0.4 is 10.5 Å². The lowest BCUT2D eigenvalue weighted by atomic mass is 10.3. The summed E-state index contributed by atoms with van der Waals surface area (Å²) in [4.78, 5) is 13.6. The topological polar surface area (TPSA) is 55.6 Å². The quantitative estimate of drug-likeness (QED) is 0.869. The fourth-order valence-corrected chi connectivity index (χ4v) is 2.19. The average molecular weight is 299 g/mol. The summed E-state index contributed by atoms with van der Waals surface area (Å²) < 4.78 is 6.28. The van der Waals surface area contributed by atoms with Crippen LogP contribution in [-0.2, 0) is 4.79 Å². The normalized spacial score (nSPS) is 15.0. The van der Waals surface area contributed by atoms with E-state index in [1.807, 2.05) is 11.0 Å². The third kappa shape index (κ3) is 3.12. The Morgan fingerprint density at radius 1 is 1.41 bits per heavy atom. The van der Waals surface area contributed by atoms with Gasteiger partial charge in [0.05, 0.1) is 4.47 Å². The molecule has 0 saturated carbocycles. The van der Waals surface area contributed by atoms with E-state index in [0.29, 0.717) is 11.4 Å². The Balaban J connectivity index is 1.92. The van der Waals surface area contributed by atoms with Crippen LogP contribution in [0.25, 0.3) is 0 Å². The van der Waals surface area contributed by atoms with E-state index in [1.54, 1.807) is 12.1 Å². The van der Waals surface area contributed by atoms with E-state index < -0.39 is 0 Å². The molecule has 1 amide bonds. The number of nitrogens with zero attached hydrogens (tertiary/aromatic N) is 1. The van der Waals surface area contributed by atoms with Crippen LogP contribution in [0, 0.1) is 0 Å². The predicted octanol–water partition coefficient (Wildman–Crippen LogP) is 2.03. The van der Waals surface area contributed by atoms with Gasteiger partial charge in [0, 0.05) is 24.8 Å². The number of likely N-dealkylation sites (tertiary alicyclic amines) is 1. The summed E-state index contributed by atoms with van der Waals surface area (Å²) in [6, 6.07) is 5.30. The molecule has 1 aliphatic heterocycles. The molecule has 5 heteroatoms. The summed E-state index contributed by atoms with van der Waals surface area (Å²) >= 11 is 3.36. The molecule has 2 rings (SSSR count). The van der Waals surface area contributed by atoms with Crippen molar-refractivity contribution in [3.05, 3.63) is 22.7 Å². The Hall–Kier alpha value is -1.23. The molecule has 0 radical (unpaired) electrons. The summed E-state index contributed by atoms with van der Waals surface area (Å²) in [7, 11) is 0. The number of benzene rings is 1. The minimum absolute atomic E-state index is 0.0387. The SMILES string of the molecule is Nc1ccc(Br)c(OCC(=O)N2CCCC2)c1. The fraction of sp³-hybridized carbons (Fsp3) is 0.417. The van der Waals surface area contributed by atoms with Crippen molar-refractivity contribution in [2.75, 3.05) is 25.4 Å². The van der Waals surface area contributed by atoms with Crippen molar-refractivity contribution in [2.24, 2.45) is 0 Å². The highest BCUT2D eigenvalue weighted by Gasteiger charge is 2.18. The standard InChI is InChI=1S/C12H15BrN2O2/c13-10-4-3-9(14)7-11(10)17-8-12(16)15-5-1-2-6-15/h3-4,7H,1-2,5-6,8,14H2. The number of hydrogen-bond donors (Lipinski definition) is 1. The molecule has 1 heterocycles. The molecular weight excluding hydrogens is 284 g/mol. The molecule has 4 nitrogen and oxygen atoms in total. The first-order valence-corrected chi connectivity index (χ1v) is 6.42. The van der Waals surface area contributed by atoms with Gasteiger partial charge in [-0.15, -0.1) is 0 Å². The Bertz CT molecular complexity index is 417. The number of rotatable bonds is 3. The number of halogens is 1. The van der Waals surface area contributed by atoms with Gasteiger partial charge in [-0.1, -0.05) is 0 Å². The molecule has 2 N–H and O–H groups in total. The highest BCUT2D eigenvalue weighted by atomic mass is 79.9. The van der Waals surface area contributed by atoms with Crippen LogP contribution in [0.4, 0.5) is 5.69 Å². The largest absolute Gasteiger partial charge is 0.483 e. The lowest BCUT2D eigenvalue weighted by Gasteiger charge is -2.16. The first kappa shape index (κ1) is 12.2. The maximum absolute atomic E-state index is 11.8. The molecule has 0 aromatic heterocycles. The molecule has 0 bridgehead atoms. The smallest absolute Gasteiger partial charge is 0.260 e. The Kier molecular flexibility index (Phi) is 3.89. The second-order valence-electron chi connectivity index (χ2n) is 4.07. The zero-order chi connectivity index (χ0) is 12.3. The van der Waals surface area contributed by atoms with E-state index in [9.17, 15) is 4.79 Å². The molecule has 0 spiro atoms. The molecule has 0 unspecified atom stereocenters. The van der Waals surface area contributed by atoms with E-state index in [0.717, 1.165) is 30.4 Å². The molecule has 92 valence electrons. The molecule has 17 heavy (non-hydrogen) atoms. The Morgan fingerprint density at radius 3 is 2.82 bits per heavy atom.